The van der Waals surface area contributed by atoms with Gasteiger partial charge in [0.1, 0.15) is 5.76 Å². The van der Waals surface area contributed by atoms with Gasteiger partial charge in [-0.2, -0.15) is 0 Å². The van der Waals surface area contributed by atoms with Crippen LogP contribution < -0.4 is 5.32 Å². The summed E-state index contributed by atoms with van der Waals surface area (Å²) in [5, 5.41) is 3.51. The highest BCUT2D eigenvalue weighted by Crippen LogP contribution is 2.22. The zero-order valence-corrected chi connectivity index (χ0v) is 12.9. The van der Waals surface area contributed by atoms with E-state index in [0.717, 1.165) is 29.6 Å². The van der Waals surface area contributed by atoms with E-state index in [1.165, 1.54) is 25.7 Å². The zero-order valence-electron chi connectivity index (χ0n) is 11.3. The lowest BCUT2D eigenvalue weighted by atomic mass is 10.2. The highest BCUT2D eigenvalue weighted by atomic mass is 79.9. The molecule has 0 aliphatic heterocycles. The van der Waals surface area contributed by atoms with Gasteiger partial charge in [0, 0.05) is 19.1 Å². The summed E-state index contributed by atoms with van der Waals surface area (Å²) < 4.78 is 6.34. The van der Waals surface area contributed by atoms with Crippen molar-refractivity contribution < 1.29 is 4.42 Å². The summed E-state index contributed by atoms with van der Waals surface area (Å²) in [4.78, 5) is 2.49. The van der Waals surface area contributed by atoms with Gasteiger partial charge in [0.15, 0.2) is 4.67 Å². The smallest absolute Gasteiger partial charge is 0.169 e. The molecule has 1 aromatic heterocycles. The molecule has 0 saturated heterocycles. The topological polar surface area (TPSA) is 28.4 Å². The molecular weight excluding hydrogens is 292 g/mol. The Morgan fingerprint density at radius 3 is 2.78 bits per heavy atom. The SMILES string of the molecule is CC(NCCN(C)C1CCCC1)c1ccc(Br)o1. The van der Waals surface area contributed by atoms with Crippen molar-refractivity contribution in [3.8, 4) is 0 Å². The molecule has 1 unspecified atom stereocenters. The van der Waals surface area contributed by atoms with Crippen LogP contribution in [0.3, 0.4) is 0 Å². The molecule has 1 heterocycles. The molecule has 1 N–H and O–H groups in total. The number of likely N-dealkylation sites (N-methyl/N-ethyl adjacent to an activating group) is 1. The number of nitrogens with one attached hydrogen (secondary N) is 1. The average molecular weight is 315 g/mol. The van der Waals surface area contributed by atoms with Crippen LogP contribution in [-0.2, 0) is 0 Å². The standard InChI is InChI=1S/C14H23BrN2O/c1-11(13-7-8-14(15)18-13)16-9-10-17(2)12-5-3-4-6-12/h7-8,11-12,16H,3-6,9-10H2,1-2H3. The molecule has 1 aliphatic carbocycles. The van der Waals surface area contributed by atoms with Crippen molar-refractivity contribution in [1.29, 1.82) is 0 Å². The van der Waals surface area contributed by atoms with E-state index >= 15 is 0 Å². The second kappa shape index (κ2) is 6.73. The van der Waals surface area contributed by atoms with Gasteiger partial charge in [0.05, 0.1) is 6.04 Å². The minimum absolute atomic E-state index is 0.272. The van der Waals surface area contributed by atoms with Crippen molar-refractivity contribution in [2.75, 3.05) is 20.1 Å². The van der Waals surface area contributed by atoms with E-state index in [4.69, 9.17) is 4.42 Å². The van der Waals surface area contributed by atoms with Crippen molar-refractivity contribution in [2.24, 2.45) is 0 Å². The van der Waals surface area contributed by atoms with Crippen LogP contribution in [0, 0.1) is 0 Å². The summed E-state index contributed by atoms with van der Waals surface area (Å²) in [6.07, 6.45) is 5.55. The number of halogens is 1. The average Bonchev–Trinajstić information content (AvgIpc) is 2.99. The Morgan fingerprint density at radius 1 is 1.44 bits per heavy atom. The molecule has 0 spiro atoms. The highest BCUT2D eigenvalue weighted by molar-refractivity contribution is 9.10. The van der Waals surface area contributed by atoms with Crippen LogP contribution in [-0.4, -0.2) is 31.1 Å². The number of hydrogen-bond acceptors (Lipinski definition) is 3. The van der Waals surface area contributed by atoms with E-state index in [1.54, 1.807) is 0 Å². The van der Waals surface area contributed by atoms with E-state index in [9.17, 15) is 0 Å². The molecule has 0 radical (unpaired) electrons. The van der Waals surface area contributed by atoms with E-state index in [-0.39, 0.29) is 6.04 Å². The predicted octanol–water partition coefficient (Wildman–Crippen LogP) is 3.57. The Kier molecular flexibility index (Phi) is 5.27. The summed E-state index contributed by atoms with van der Waals surface area (Å²) in [5.74, 6) is 0.991. The van der Waals surface area contributed by atoms with Crippen LogP contribution in [0.5, 0.6) is 0 Å². The lowest BCUT2D eigenvalue weighted by molar-refractivity contribution is 0.241. The summed E-state index contributed by atoms with van der Waals surface area (Å²) in [7, 11) is 2.24. The first-order chi connectivity index (χ1) is 8.66. The molecule has 2 rings (SSSR count). The van der Waals surface area contributed by atoms with Crippen LogP contribution >= 0.6 is 15.9 Å². The van der Waals surface area contributed by atoms with E-state index in [2.05, 4.69) is 40.1 Å². The molecule has 0 bridgehead atoms. The first kappa shape index (κ1) is 14.1. The van der Waals surface area contributed by atoms with Crippen molar-refractivity contribution >= 4 is 15.9 Å². The van der Waals surface area contributed by atoms with Gasteiger partial charge in [-0.1, -0.05) is 12.8 Å². The summed E-state index contributed by atoms with van der Waals surface area (Å²) >= 11 is 3.33. The van der Waals surface area contributed by atoms with Crippen LogP contribution in [0.4, 0.5) is 0 Å². The molecule has 1 saturated carbocycles. The van der Waals surface area contributed by atoms with Crippen LogP contribution in [0.25, 0.3) is 0 Å². The maximum absolute atomic E-state index is 5.54. The summed E-state index contributed by atoms with van der Waals surface area (Å²) in [6, 6.07) is 5.04. The van der Waals surface area contributed by atoms with E-state index in [1.807, 2.05) is 12.1 Å². The predicted molar refractivity (Wildman–Crippen MR) is 77.7 cm³/mol. The molecule has 1 atom stereocenters. The van der Waals surface area contributed by atoms with Gasteiger partial charge >= 0.3 is 0 Å². The van der Waals surface area contributed by atoms with Gasteiger partial charge in [0.2, 0.25) is 0 Å². The summed E-state index contributed by atoms with van der Waals surface area (Å²) in [5.41, 5.74) is 0. The van der Waals surface area contributed by atoms with Gasteiger partial charge in [-0.3, -0.25) is 0 Å². The Bertz CT molecular complexity index is 360. The number of rotatable bonds is 6. The first-order valence-corrected chi connectivity index (χ1v) is 7.65. The quantitative estimate of drug-likeness (QED) is 0.870. The monoisotopic (exact) mass is 314 g/mol. The minimum atomic E-state index is 0.272. The molecular formula is C14H23BrN2O. The molecule has 3 nitrogen and oxygen atoms in total. The molecule has 1 aromatic rings. The van der Waals surface area contributed by atoms with E-state index < -0.39 is 0 Å². The van der Waals surface area contributed by atoms with Crippen molar-refractivity contribution in [1.82, 2.24) is 10.2 Å². The fourth-order valence-electron chi connectivity index (χ4n) is 2.65. The van der Waals surface area contributed by atoms with Crippen LogP contribution in [0.2, 0.25) is 0 Å². The molecule has 1 aliphatic rings. The molecule has 18 heavy (non-hydrogen) atoms. The highest BCUT2D eigenvalue weighted by Gasteiger charge is 2.19. The van der Waals surface area contributed by atoms with Crippen LogP contribution in [0.15, 0.2) is 21.2 Å². The molecule has 0 aromatic carbocycles. The minimum Gasteiger partial charge on any atom is -0.453 e. The summed E-state index contributed by atoms with van der Waals surface area (Å²) in [6.45, 7) is 4.25. The normalized spacial score (nSPS) is 18.7. The lowest BCUT2D eigenvalue weighted by Crippen LogP contribution is -2.36. The lowest BCUT2D eigenvalue weighted by Gasteiger charge is -2.24. The first-order valence-electron chi connectivity index (χ1n) is 6.85. The molecule has 1 fully saturated rings. The zero-order chi connectivity index (χ0) is 13.0. The largest absolute Gasteiger partial charge is 0.453 e. The maximum Gasteiger partial charge on any atom is 0.169 e. The third kappa shape index (κ3) is 3.84. The van der Waals surface area contributed by atoms with Crippen molar-refractivity contribution in [3.63, 3.8) is 0 Å². The number of nitrogens with zero attached hydrogens (tertiary/aromatic N) is 1. The molecule has 4 heteroatoms. The second-order valence-corrected chi connectivity index (χ2v) is 6.02. The fourth-order valence-corrected chi connectivity index (χ4v) is 2.97. The number of hydrogen-bond donors (Lipinski definition) is 1. The molecule has 0 amide bonds. The second-order valence-electron chi connectivity index (χ2n) is 5.24. The van der Waals surface area contributed by atoms with Gasteiger partial charge in [-0.05, 0) is 54.9 Å². The Labute approximate surface area is 118 Å². The van der Waals surface area contributed by atoms with Gasteiger partial charge in [-0.15, -0.1) is 0 Å². The van der Waals surface area contributed by atoms with Gasteiger partial charge < -0.3 is 14.6 Å². The number of furan rings is 1. The van der Waals surface area contributed by atoms with Crippen molar-refractivity contribution in [2.45, 2.75) is 44.7 Å². The maximum atomic E-state index is 5.54. The van der Waals surface area contributed by atoms with Crippen molar-refractivity contribution in [3.05, 3.63) is 22.6 Å². The third-order valence-corrected chi connectivity index (χ3v) is 4.31. The molecule has 102 valence electrons. The van der Waals surface area contributed by atoms with Crippen LogP contribution in [0.1, 0.15) is 44.4 Å². The fraction of sp³-hybridized carbons (Fsp3) is 0.714. The van der Waals surface area contributed by atoms with E-state index in [0.29, 0.717) is 0 Å². The Hall–Kier alpha value is -0.320. The third-order valence-electron chi connectivity index (χ3n) is 3.88. The Morgan fingerprint density at radius 2 is 2.17 bits per heavy atom. The van der Waals surface area contributed by atoms with Gasteiger partial charge in [-0.25, -0.2) is 0 Å². The Balaban J connectivity index is 1.68. The van der Waals surface area contributed by atoms with Gasteiger partial charge in [0.25, 0.3) is 0 Å².